The number of nitrogens with one attached hydrogen (secondary N) is 2. The zero-order valence-electron chi connectivity index (χ0n) is 14.2. The molecule has 2 unspecified atom stereocenters. The molecule has 0 aliphatic heterocycles. The van der Waals surface area contributed by atoms with Gasteiger partial charge in [0.15, 0.2) is 0 Å². The van der Waals surface area contributed by atoms with Gasteiger partial charge in [0.05, 0.1) is 6.10 Å². The van der Waals surface area contributed by atoms with Gasteiger partial charge in [-0.05, 0) is 24.0 Å². The van der Waals surface area contributed by atoms with Crippen molar-refractivity contribution in [2.24, 2.45) is 5.41 Å². The first-order valence-corrected chi connectivity index (χ1v) is 7.69. The first kappa shape index (κ1) is 18.9. The summed E-state index contributed by atoms with van der Waals surface area (Å²) in [6, 6.07) is 8.76. The fraction of sp³-hybridized carbons (Fsp3) is 0.444. The Balaban J connectivity index is 2.42. The van der Waals surface area contributed by atoms with Crippen LogP contribution in [0.2, 0.25) is 0 Å². The van der Waals surface area contributed by atoms with Crippen LogP contribution in [0.5, 0.6) is 0 Å². The number of rotatable bonds is 6. The molecule has 0 saturated heterocycles. The number of carbonyl (C=O) groups is 2. The van der Waals surface area contributed by atoms with Gasteiger partial charge in [0.2, 0.25) is 11.8 Å². The van der Waals surface area contributed by atoms with Crippen molar-refractivity contribution < 1.29 is 14.7 Å². The number of aliphatic hydroxyl groups excluding tert-OH is 1. The average molecular weight is 318 g/mol. The monoisotopic (exact) mass is 318 g/mol. The van der Waals surface area contributed by atoms with Crippen LogP contribution in [0.4, 0.5) is 0 Å². The van der Waals surface area contributed by atoms with Crippen molar-refractivity contribution in [3.05, 3.63) is 42.0 Å². The lowest BCUT2D eigenvalue weighted by Crippen LogP contribution is -2.47. The van der Waals surface area contributed by atoms with Crippen molar-refractivity contribution in [3.63, 3.8) is 0 Å². The Morgan fingerprint density at radius 2 is 1.83 bits per heavy atom. The van der Waals surface area contributed by atoms with Crippen molar-refractivity contribution in [2.75, 3.05) is 6.54 Å². The van der Waals surface area contributed by atoms with Gasteiger partial charge in [-0.25, -0.2) is 0 Å². The van der Waals surface area contributed by atoms with E-state index < -0.39 is 12.1 Å². The average Bonchev–Trinajstić information content (AvgIpc) is 2.50. The maximum absolute atomic E-state index is 11.9. The Kier molecular flexibility index (Phi) is 6.97. The molecule has 0 aliphatic carbocycles. The van der Waals surface area contributed by atoms with E-state index in [1.807, 2.05) is 51.1 Å². The summed E-state index contributed by atoms with van der Waals surface area (Å²) in [5, 5.41) is 15.1. The molecule has 0 spiro atoms. The molecule has 0 bridgehead atoms. The molecular weight excluding hydrogens is 292 g/mol. The van der Waals surface area contributed by atoms with E-state index in [2.05, 4.69) is 10.6 Å². The summed E-state index contributed by atoms with van der Waals surface area (Å²) in [5.41, 5.74) is 0.603. The van der Waals surface area contributed by atoms with Crippen molar-refractivity contribution in [1.82, 2.24) is 10.6 Å². The van der Waals surface area contributed by atoms with Crippen molar-refractivity contribution in [3.8, 4) is 0 Å². The smallest absolute Gasteiger partial charge is 0.244 e. The lowest BCUT2D eigenvalue weighted by molar-refractivity contribution is -0.127. The summed E-state index contributed by atoms with van der Waals surface area (Å²) in [4.78, 5) is 23.7. The minimum absolute atomic E-state index is 0.155. The number of hydrogen-bond acceptors (Lipinski definition) is 3. The van der Waals surface area contributed by atoms with Gasteiger partial charge in [0, 0.05) is 12.6 Å². The molecule has 5 nitrogen and oxygen atoms in total. The predicted molar refractivity (Wildman–Crippen MR) is 91.6 cm³/mol. The fourth-order valence-corrected chi connectivity index (χ4v) is 1.72. The standard InChI is InChI=1S/C18H26N2O3/c1-13(17(23)19-12-15(21)18(2,3)4)20-16(22)11-10-14-8-6-5-7-9-14/h5-11,13,15,21H,12H2,1-4H3,(H,19,23)(H,20,22)/b11-10+. The van der Waals surface area contributed by atoms with Gasteiger partial charge in [0.1, 0.15) is 6.04 Å². The molecule has 5 heteroatoms. The van der Waals surface area contributed by atoms with Crippen molar-refractivity contribution in [1.29, 1.82) is 0 Å². The molecule has 1 aromatic carbocycles. The van der Waals surface area contributed by atoms with Crippen LogP contribution in [0.25, 0.3) is 6.08 Å². The quantitative estimate of drug-likeness (QED) is 0.699. The van der Waals surface area contributed by atoms with Gasteiger partial charge in [-0.1, -0.05) is 51.1 Å². The molecule has 23 heavy (non-hydrogen) atoms. The van der Waals surface area contributed by atoms with E-state index >= 15 is 0 Å². The zero-order chi connectivity index (χ0) is 17.5. The highest BCUT2D eigenvalue weighted by atomic mass is 16.3. The normalized spacial score (nSPS) is 14.3. The largest absolute Gasteiger partial charge is 0.391 e. The number of carbonyl (C=O) groups excluding carboxylic acids is 2. The van der Waals surface area contributed by atoms with E-state index in [-0.39, 0.29) is 23.8 Å². The summed E-state index contributed by atoms with van der Waals surface area (Å²) >= 11 is 0. The van der Waals surface area contributed by atoms with Crippen LogP contribution in [0, 0.1) is 5.41 Å². The summed E-state index contributed by atoms with van der Waals surface area (Å²) in [6.45, 7) is 7.44. The molecule has 2 amide bonds. The van der Waals surface area contributed by atoms with Crippen LogP contribution >= 0.6 is 0 Å². The minimum atomic E-state index is -0.671. The fourth-order valence-electron chi connectivity index (χ4n) is 1.72. The van der Waals surface area contributed by atoms with Crippen LogP contribution < -0.4 is 10.6 Å². The summed E-state index contributed by atoms with van der Waals surface area (Å²) in [5.74, 6) is -0.664. The molecule has 3 N–H and O–H groups in total. The zero-order valence-corrected chi connectivity index (χ0v) is 14.2. The number of aliphatic hydroxyl groups is 1. The van der Waals surface area contributed by atoms with E-state index in [0.29, 0.717) is 0 Å². The molecule has 0 saturated carbocycles. The van der Waals surface area contributed by atoms with Gasteiger partial charge in [0.25, 0.3) is 0 Å². The van der Waals surface area contributed by atoms with E-state index in [4.69, 9.17) is 0 Å². The number of hydrogen-bond donors (Lipinski definition) is 3. The first-order valence-electron chi connectivity index (χ1n) is 7.69. The van der Waals surface area contributed by atoms with E-state index in [0.717, 1.165) is 5.56 Å². The van der Waals surface area contributed by atoms with Gasteiger partial charge >= 0.3 is 0 Å². The van der Waals surface area contributed by atoms with Crippen molar-refractivity contribution >= 4 is 17.9 Å². The Labute approximate surface area is 137 Å². The van der Waals surface area contributed by atoms with E-state index in [9.17, 15) is 14.7 Å². The second-order valence-corrected chi connectivity index (χ2v) is 6.60. The molecule has 2 atom stereocenters. The van der Waals surface area contributed by atoms with Crippen LogP contribution in [0.3, 0.4) is 0 Å². The van der Waals surface area contributed by atoms with Gasteiger partial charge in [-0.3, -0.25) is 9.59 Å². The van der Waals surface area contributed by atoms with Crippen LogP contribution in [-0.2, 0) is 9.59 Å². The molecule has 0 aliphatic rings. The molecule has 0 heterocycles. The van der Waals surface area contributed by atoms with E-state index in [1.54, 1.807) is 13.0 Å². The van der Waals surface area contributed by atoms with Crippen LogP contribution in [0.1, 0.15) is 33.3 Å². The van der Waals surface area contributed by atoms with Crippen LogP contribution in [-0.4, -0.2) is 35.6 Å². The van der Waals surface area contributed by atoms with Gasteiger partial charge < -0.3 is 15.7 Å². The molecule has 126 valence electrons. The Morgan fingerprint density at radius 1 is 1.22 bits per heavy atom. The number of amides is 2. The Hall–Kier alpha value is -2.14. The maximum Gasteiger partial charge on any atom is 0.244 e. The third-order valence-corrected chi connectivity index (χ3v) is 3.45. The first-order chi connectivity index (χ1) is 10.7. The Morgan fingerprint density at radius 3 is 2.39 bits per heavy atom. The Bertz CT molecular complexity index is 547. The van der Waals surface area contributed by atoms with Gasteiger partial charge in [-0.2, -0.15) is 0 Å². The lowest BCUT2D eigenvalue weighted by Gasteiger charge is -2.26. The van der Waals surface area contributed by atoms with Crippen molar-refractivity contribution in [2.45, 2.75) is 39.8 Å². The third kappa shape index (κ3) is 7.10. The SMILES string of the molecule is CC(NC(=O)/C=C/c1ccccc1)C(=O)NCC(O)C(C)(C)C. The topological polar surface area (TPSA) is 78.4 Å². The van der Waals surface area contributed by atoms with Gasteiger partial charge in [-0.15, -0.1) is 0 Å². The lowest BCUT2D eigenvalue weighted by atomic mass is 9.89. The highest BCUT2D eigenvalue weighted by Crippen LogP contribution is 2.18. The van der Waals surface area contributed by atoms with E-state index in [1.165, 1.54) is 6.08 Å². The summed E-state index contributed by atoms with van der Waals surface area (Å²) in [6.07, 6.45) is 2.43. The molecule has 1 aromatic rings. The predicted octanol–water partition coefficient (Wildman–Crippen LogP) is 1.73. The highest BCUT2D eigenvalue weighted by molar-refractivity contribution is 5.95. The highest BCUT2D eigenvalue weighted by Gasteiger charge is 2.23. The third-order valence-electron chi connectivity index (χ3n) is 3.45. The molecule has 0 radical (unpaired) electrons. The van der Waals surface area contributed by atoms with Crippen LogP contribution in [0.15, 0.2) is 36.4 Å². The molecule has 0 aromatic heterocycles. The molecule has 1 rings (SSSR count). The second kappa shape index (κ2) is 8.48. The summed E-state index contributed by atoms with van der Waals surface area (Å²) in [7, 11) is 0. The minimum Gasteiger partial charge on any atom is -0.391 e. The number of benzene rings is 1. The summed E-state index contributed by atoms with van der Waals surface area (Å²) < 4.78 is 0. The molecular formula is C18H26N2O3. The second-order valence-electron chi connectivity index (χ2n) is 6.60. The molecule has 0 fully saturated rings. The maximum atomic E-state index is 11.9.